The minimum absolute atomic E-state index is 0.0337. The number of amides is 2. The van der Waals surface area contributed by atoms with Gasteiger partial charge in [0.25, 0.3) is 17.5 Å². The van der Waals surface area contributed by atoms with Crippen molar-refractivity contribution in [2.45, 2.75) is 32.7 Å². The molecule has 2 N–H and O–H groups in total. The van der Waals surface area contributed by atoms with E-state index in [0.717, 1.165) is 11.6 Å². The van der Waals surface area contributed by atoms with E-state index in [1.807, 2.05) is 12.1 Å². The number of nitrogens with one attached hydrogen (secondary N) is 2. The smallest absolute Gasteiger partial charge is 0.328 e. The first kappa shape index (κ1) is 22.5. The second-order valence-corrected chi connectivity index (χ2v) is 6.94. The Balaban J connectivity index is 1.83. The molecule has 158 valence electrons. The van der Waals surface area contributed by atoms with Crippen molar-refractivity contribution in [1.82, 2.24) is 5.32 Å². The van der Waals surface area contributed by atoms with Gasteiger partial charge in [-0.25, -0.2) is 4.79 Å². The molecule has 1 atom stereocenters. The highest BCUT2D eigenvalue weighted by atomic mass is 16.6. The van der Waals surface area contributed by atoms with E-state index in [0.29, 0.717) is 11.6 Å². The van der Waals surface area contributed by atoms with Gasteiger partial charge in [0.2, 0.25) is 0 Å². The van der Waals surface area contributed by atoms with Crippen molar-refractivity contribution in [3.05, 3.63) is 69.8 Å². The van der Waals surface area contributed by atoms with Crippen molar-refractivity contribution >= 4 is 29.2 Å². The van der Waals surface area contributed by atoms with E-state index in [4.69, 9.17) is 4.74 Å². The molecule has 2 amide bonds. The van der Waals surface area contributed by atoms with Gasteiger partial charge in [-0.3, -0.25) is 19.7 Å². The van der Waals surface area contributed by atoms with Gasteiger partial charge >= 0.3 is 5.97 Å². The molecule has 2 rings (SSSR count). The molecule has 0 aliphatic heterocycles. The molecule has 0 aliphatic rings. The van der Waals surface area contributed by atoms with E-state index >= 15 is 0 Å². The number of anilines is 1. The number of carbonyl (C=O) groups excluding carboxylic acids is 3. The molecule has 0 bridgehead atoms. The van der Waals surface area contributed by atoms with Gasteiger partial charge in [0, 0.05) is 23.4 Å². The molecule has 2 aromatic carbocycles. The molecule has 9 heteroatoms. The van der Waals surface area contributed by atoms with Gasteiger partial charge in [0.15, 0.2) is 6.61 Å². The predicted octanol–water partition coefficient (Wildman–Crippen LogP) is 3.02. The maximum atomic E-state index is 12.2. The van der Waals surface area contributed by atoms with Crippen LogP contribution in [0.4, 0.5) is 11.4 Å². The monoisotopic (exact) mass is 413 g/mol. The van der Waals surface area contributed by atoms with Gasteiger partial charge in [-0.05, 0) is 36.6 Å². The summed E-state index contributed by atoms with van der Waals surface area (Å²) in [6.45, 7) is 5.00. The van der Waals surface area contributed by atoms with Crippen molar-refractivity contribution in [3.8, 4) is 0 Å². The Hall–Kier alpha value is -3.75. The third-order valence-corrected chi connectivity index (χ3v) is 4.23. The van der Waals surface area contributed by atoms with Crippen LogP contribution in [0.5, 0.6) is 0 Å². The number of nitrogens with zero attached hydrogens (tertiary/aromatic N) is 1. The first-order chi connectivity index (χ1) is 14.2. The van der Waals surface area contributed by atoms with Crippen LogP contribution in [0.2, 0.25) is 0 Å². The van der Waals surface area contributed by atoms with Crippen LogP contribution in [0.1, 0.15) is 42.6 Å². The largest absolute Gasteiger partial charge is 0.454 e. The SMILES string of the molecule is CC(C)c1ccc(NC(=O)COC(=O)[C@H](C)NC(=O)c2cccc([N+](=O)[O-])c2)cc1. The Morgan fingerprint density at radius 2 is 1.73 bits per heavy atom. The lowest BCUT2D eigenvalue weighted by Crippen LogP contribution is -2.40. The molecule has 9 nitrogen and oxygen atoms in total. The van der Waals surface area contributed by atoms with Crippen LogP contribution in [-0.2, 0) is 14.3 Å². The van der Waals surface area contributed by atoms with E-state index in [9.17, 15) is 24.5 Å². The summed E-state index contributed by atoms with van der Waals surface area (Å²) in [5.41, 5.74) is 1.50. The first-order valence-corrected chi connectivity index (χ1v) is 9.29. The number of benzene rings is 2. The molecular formula is C21H23N3O6. The fourth-order valence-electron chi connectivity index (χ4n) is 2.51. The van der Waals surface area contributed by atoms with Gasteiger partial charge < -0.3 is 15.4 Å². The molecule has 0 aliphatic carbocycles. The standard InChI is InChI=1S/C21H23N3O6/c1-13(2)15-7-9-17(10-8-15)23-19(25)12-30-21(27)14(3)22-20(26)16-5-4-6-18(11-16)24(28)29/h4-11,13-14H,12H2,1-3H3,(H,22,26)(H,23,25)/t14-/m0/s1. The van der Waals surface area contributed by atoms with Crippen molar-refractivity contribution in [2.75, 3.05) is 11.9 Å². The summed E-state index contributed by atoms with van der Waals surface area (Å²) >= 11 is 0. The highest BCUT2D eigenvalue weighted by Gasteiger charge is 2.20. The maximum absolute atomic E-state index is 12.2. The molecule has 0 fully saturated rings. The number of nitro groups is 1. The Morgan fingerprint density at radius 1 is 1.07 bits per heavy atom. The van der Waals surface area contributed by atoms with Crippen molar-refractivity contribution in [2.24, 2.45) is 0 Å². The van der Waals surface area contributed by atoms with Gasteiger partial charge in [-0.1, -0.05) is 32.0 Å². The zero-order chi connectivity index (χ0) is 22.3. The topological polar surface area (TPSA) is 128 Å². The summed E-state index contributed by atoms with van der Waals surface area (Å²) in [5, 5.41) is 15.8. The normalized spacial score (nSPS) is 11.5. The number of hydrogen-bond donors (Lipinski definition) is 2. The van der Waals surface area contributed by atoms with Crippen molar-refractivity contribution in [3.63, 3.8) is 0 Å². The minimum atomic E-state index is -1.05. The number of ether oxygens (including phenoxy) is 1. The van der Waals surface area contributed by atoms with Gasteiger partial charge in [-0.2, -0.15) is 0 Å². The molecule has 2 aromatic rings. The molecule has 0 saturated heterocycles. The lowest BCUT2D eigenvalue weighted by atomic mass is 10.0. The minimum Gasteiger partial charge on any atom is -0.454 e. The number of hydrogen-bond acceptors (Lipinski definition) is 6. The molecule has 30 heavy (non-hydrogen) atoms. The molecular weight excluding hydrogens is 390 g/mol. The highest BCUT2D eigenvalue weighted by Crippen LogP contribution is 2.17. The van der Waals surface area contributed by atoms with Gasteiger partial charge in [0.1, 0.15) is 6.04 Å². The van der Waals surface area contributed by atoms with E-state index in [-0.39, 0.29) is 11.3 Å². The van der Waals surface area contributed by atoms with Crippen LogP contribution >= 0.6 is 0 Å². The summed E-state index contributed by atoms with van der Waals surface area (Å²) in [4.78, 5) is 46.3. The second-order valence-electron chi connectivity index (χ2n) is 6.94. The van der Waals surface area contributed by atoms with E-state index in [1.54, 1.807) is 12.1 Å². The number of esters is 1. The third kappa shape index (κ3) is 6.40. The average molecular weight is 413 g/mol. The number of non-ortho nitro benzene ring substituents is 1. The number of rotatable bonds is 8. The highest BCUT2D eigenvalue weighted by molar-refractivity contribution is 5.97. The maximum Gasteiger partial charge on any atom is 0.328 e. The quantitative estimate of drug-likeness (QED) is 0.389. The number of nitro benzene ring substituents is 1. The lowest BCUT2D eigenvalue weighted by Gasteiger charge is -2.13. The third-order valence-electron chi connectivity index (χ3n) is 4.23. The van der Waals surface area contributed by atoms with Crippen molar-refractivity contribution in [1.29, 1.82) is 0 Å². The summed E-state index contributed by atoms with van der Waals surface area (Å²) in [6.07, 6.45) is 0. The van der Waals surface area contributed by atoms with Crippen LogP contribution in [0.3, 0.4) is 0 Å². The van der Waals surface area contributed by atoms with Gasteiger partial charge in [0.05, 0.1) is 4.92 Å². The lowest BCUT2D eigenvalue weighted by molar-refractivity contribution is -0.384. The van der Waals surface area contributed by atoms with E-state index in [1.165, 1.54) is 25.1 Å². The summed E-state index contributed by atoms with van der Waals surface area (Å²) < 4.78 is 4.92. The van der Waals surface area contributed by atoms with E-state index in [2.05, 4.69) is 24.5 Å². The Morgan fingerprint density at radius 3 is 2.33 bits per heavy atom. The van der Waals surface area contributed by atoms with Crippen LogP contribution in [0.25, 0.3) is 0 Å². The Labute approximate surface area is 173 Å². The fourth-order valence-corrected chi connectivity index (χ4v) is 2.51. The molecule has 0 aromatic heterocycles. The molecule has 0 unspecified atom stereocenters. The summed E-state index contributed by atoms with van der Waals surface area (Å²) in [6, 6.07) is 11.4. The van der Waals surface area contributed by atoms with Crippen molar-refractivity contribution < 1.29 is 24.0 Å². The summed E-state index contributed by atoms with van der Waals surface area (Å²) in [7, 11) is 0. The molecule has 0 saturated carbocycles. The van der Waals surface area contributed by atoms with Crippen LogP contribution < -0.4 is 10.6 Å². The predicted molar refractivity (Wildman–Crippen MR) is 110 cm³/mol. The Bertz CT molecular complexity index is 940. The first-order valence-electron chi connectivity index (χ1n) is 9.29. The van der Waals surface area contributed by atoms with Crippen LogP contribution in [0, 0.1) is 10.1 Å². The van der Waals surface area contributed by atoms with Crippen LogP contribution in [-0.4, -0.2) is 35.4 Å². The second kappa shape index (κ2) is 10.1. The zero-order valence-corrected chi connectivity index (χ0v) is 16.9. The molecule has 0 spiro atoms. The summed E-state index contributed by atoms with van der Waals surface area (Å²) in [5.74, 6) is -1.62. The fraction of sp³-hybridized carbons (Fsp3) is 0.286. The van der Waals surface area contributed by atoms with E-state index < -0.39 is 35.4 Å². The van der Waals surface area contributed by atoms with Crippen LogP contribution in [0.15, 0.2) is 48.5 Å². The molecule has 0 radical (unpaired) electrons. The zero-order valence-electron chi connectivity index (χ0n) is 16.9. The average Bonchev–Trinajstić information content (AvgIpc) is 2.72. The number of carbonyl (C=O) groups is 3. The molecule has 0 heterocycles. The Kier molecular flexibility index (Phi) is 7.62. The van der Waals surface area contributed by atoms with Gasteiger partial charge in [-0.15, -0.1) is 0 Å².